The summed E-state index contributed by atoms with van der Waals surface area (Å²) in [6.07, 6.45) is 4.60. The molecule has 0 bridgehead atoms. The number of benzene rings is 1. The van der Waals surface area contributed by atoms with Gasteiger partial charge in [0.15, 0.2) is 0 Å². The average Bonchev–Trinajstić information content (AvgIpc) is 2.89. The normalized spacial score (nSPS) is 13.0. The van der Waals surface area contributed by atoms with E-state index in [0.717, 1.165) is 17.7 Å². The molecule has 0 radical (unpaired) electrons. The van der Waals surface area contributed by atoms with E-state index in [-0.39, 0.29) is 11.5 Å². The third-order valence-electron chi connectivity index (χ3n) is 3.03. The molecule has 1 atom stereocenters. The van der Waals surface area contributed by atoms with Crippen LogP contribution in [0, 0.1) is 5.41 Å². The molecule has 1 aromatic carbocycles. The summed E-state index contributed by atoms with van der Waals surface area (Å²) >= 11 is 0. The number of aldehydes is 1. The lowest BCUT2D eigenvalue weighted by Crippen LogP contribution is -2.35. The van der Waals surface area contributed by atoms with Crippen LogP contribution in [0.4, 0.5) is 5.69 Å². The highest BCUT2D eigenvalue weighted by Gasteiger charge is 2.23. The van der Waals surface area contributed by atoms with Gasteiger partial charge in [-0.2, -0.15) is 5.10 Å². The first-order valence-electron chi connectivity index (χ1n) is 6.32. The first kappa shape index (κ1) is 13.3. The van der Waals surface area contributed by atoms with Crippen molar-refractivity contribution in [1.29, 1.82) is 0 Å². The van der Waals surface area contributed by atoms with Crippen LogP contribution in [0.3, 0.4) is 0 Å². The van der Waals surface area contributed by atoms with Crippen LogP contribution >= 0.6 is 0 Å². The highest BCUT2D eigenvalue weighted by molar-refractivity contribution is 5.66. The second-order valence-electron chi connectivity index (χ2n) is 5.62. The zero-order valence-electron chi connectivity index (χ0n) is 11.5. The van der Waals surface area contributed by atoms with E-state index in [1.165, 1.54) is 0 Å². The topological polar surface area (TPSA) is 46.9 Å². The van der Waals surface area contributed by atoms with Crippen molar-refractivity contribution >= 4 is 12.0 Å². The van der Waals surface area contributed by atoms with E-state index in [1.54, 1.807) is 10.9 Å². The molecule has 0 aliphatic carbocycles. The summed E-state index contributed by atoms with van der Waals surface area (Å²) in [7, 11) is 0. The van der Waals surface area contributed by atoms with E-state index in [2.05, 4.69) is 10.4 Å². The molecule has 0 saturated heterocycles. The van der Waals surface area contributed by atoms with Crippen LogP contribution < -0.4 is 5.32 Å². The Hall–Kier alpha value is -2.10. The molecule has 1 N–H and O–H groups in total. The molecule has 100 valence electrons. The highest BCUT2D eigenvalue weighted by Crippen LogP contribution is 2.22. The van der Waals surface area contributed by atoms with Gasteiger partial charge in [0.1, 0.15) is 6.29 Å². The molecule has 0 spiro atoms. The fraction of sp³-hybridized carbons (Fsp3) is 0.333. The number of aromatic nitrogens is 2. The molecule has 4 heteroatoms. The Bertz CT molecular complexity index is 524. The molecule has 19 heavy (non-hydrogen) atoms. The van der Waals surface area contributed by atoms with Gasteiger partial charge in [-0.1, -0.05) is 20.8 Å². The van der Waals surface area contributed by atoms with Crippen molar-refractivity contribution in [2.24, 2.45) is 5.41 Å². The Morgan fingerprint density at radius 2 is 1.95 bits per heavy atom. The molecule has 0 fully saturated rings. The largest absolute Gasteiger partial charge is 0.375 e. The van der Waals surface area contributed by atoms with Crippen molar-refractivity contribution in [2.75, 3.05) is 5.32 Å². The van der Waals surface area contributed by atoms with Crippen LogP contribution in [0.2, 0.25) is 0 Å². The minimum atomic E-state index is -0.206. The first-order valence-corrected chi connectivity index (χ1v) is 6.32. The van der Waals surface area contributed by atoms with E-state index in [1.807, 2.05) is 57.3 Å². The molecule has 1 heterocycles. The summed E-state index contributed by atoms with van der Waals surface area (Å²) in [6.45, 7) is 6.12. The number of carbonyl (C=O) groups excluding carboxylic acids is 1. The quantitative estimate of drug-likeness (QED) is 0.857. The zero-order chi connectivity index (χ0) is 13.9. The minimum Gasteiger partial charge on any atom is -0.375 e. The third kappa shape index (κ3) is 3.22. The predicted molar refractivity (Wildman–Crippen MR) is 76.5 cm³/mol. The lowest BCUT2D eigenvalue weighted by atomic mass is 9.87. The number of nitrogens with zero attached hydrogens (tertiary/aromatic N) is 2. The Kier molecular flexibility index (Phi) is 3.69. The third-order valence-corrected chi connectivity index (χ3v) is 3.03. The van der Waals surface area contributed by atoms with Gasteiger partial charge in [-0.3, -0.25) is 0 Å². The van der Waals surface area contributed by atoms with Gasteiger partial charge in [0.2, 0.25) is 0 Å². The predicted octanol–water partition coefficient (Wildman–Crippen LogP) is 2.90. The van der Waals surface area contributed by atoms with E-state index < -0.39 is 0 Å². The van der Waals surface area contributed by atoms with Gasteiger partial charge >= 0.3 is 0 Å². The van der Waals surface area contributed by atoms with Gasteiger partial charge < -0.3 is 10.1 Å². The van der Waals surface area contributed by atoms with Crippen molar-refractivity contribution in [3.63, 3.8) is 0 Å². The molecule has 2 aromatic rings. The number of hydrogen-bond donors (Lipinski definition) is 1. The highest BCUT2D eigenvalue weighted by atomic mass is 16.1. The number of rotatable bonds is 4. The molecule has 0 unspecified atom stereocenters. The lowest BCUT2D eigenvalue weighted by Gasteiger charge is -2.27. The van der Waals surface area contributed by atoms with Gasteiger partial charge in [-0.15, -0.1) is 0 Å². The number of carbonyl (C=O) groups is 1. The van der Waals surface area contributed by atoms with Crippen molar-refractivity contribution in [1.82, 2.24) is 9.78 Å². The standard InChI is InChI=1S/C15H19N3O/c1-15(2,3)14(11-19)17-12-5-7-13(8-6-12)18-10-4-9-16-18/h4-11,14,17H,1-3H3/t14-/m1/s1. The monoisotopic (exact) mass is 257 g/mol. The van der Waals surface area contributed by atoms with Gasteiger partial charge in [0.25, 0.3) is 0 Å². The van der Waals surface area contributed by atoms with Gasteiger partial charge in [-0.05, 0) is 35.7 Å². The zero-order valence-corrected chi connectivity index (χ0v) is 11.5. The summed E-state index contributed by atoms with van der Waals surface area (Å²) in [5, 5.41) is 7.42. The van der Waals surface area contributed by atoms with Gasteiger partial charge in [0, 0.05) is 18.1 Å². The number of anilines is 1. The lowest BCUT2D eigenvalue weighted by molar-refractivity contribution is -0.110. The second kappa shape index (κ2) is 5.26. The van der Waals surface area contributed by atoms with Crippen LogP contribution in [-0.4, -0.2) is 22.1 Å². The van der Waals surface area contributed by atoms with Crippen LogP contribution in [0.25, 0.3) is 5.69 Å². The summed E-state index contributed by atoms with van der Waals surface area (Å²) < 4.78 is 1.80. The van der Waals surface area contributed by atoms with Crippen LogP contribution in [0.1, 0.15) is 20.8 Å². The smallest absolute Gasteiger partial charge is 0.142 e. The number of hydrogen-bond acceptors (Lipinski definition) is 3. The molecule has 1 aromatic heterocycles. The summed E-state index contributed by atoms with van der Waals surface area (Å²) in [4.78, 5) is 11.1. The Balaban J connectivity index is 2.13. The van der Waals surface area contributed by atoms with Gasteiger partial charge in [0.05, 0.1) is 11.7 Å². The molecule has 4 nitrogen and oxygen atoms in total. The van der Waals surface area contributed by atoms with Gasteiger partial charge in [-0.25, -0.2) is 4.68 Å². The fourth-order valence-corrected chi connectivity index (χ4v) is 1.77. The van der Waals surface area contributed by atoms with E-state index in [9.17, 15) is 4.79 Å². The number of nitrogens with one attached hydrogen (secondary N) is 1. The molecule has 0 aliphatic heterocycles. The molecule has 0 aliphatic rings. The second-order valence-corrected chi connectivity index (χ2v) is 5.62. The maximum absolute atomic E-state index is 11.1. The van der Waals surface area contributed by atoms with Crippen molar-refractivity contribution < 1.29 is 4.79 Å². The molecule has 0 amide bonds. The van der Waals surface area contributed by atoms with Crippen LogP contribution in [0.5, 0.6) is 0 Å². The van der Waals surface area contributed by atoms with E-state index in [4.69, 9.17) is 0 Å². The van der Waals surface area contributed by atoms with Crippen LogP contribution in [-0.2, 0) is 4.79 Å². The molecular weight excluding hydrogens is 238 g/mol. The first-order chi connectivity index (χ1) is 9.00. The maximum atomic E-state index is 11.1. The molecule has 2 rings (SSSR count). The van der Waals surface area contributed by atoms with Crippen molar-refractivity contribution in [2.45, 2.75) is 26.8 Å². The Morgan fingerprint density at radius 3 is 2.42 bits per heavy atom. The summed E-state index contributed by atoms with van der Waals surface area (Å²) in [5.74, 6) is 0. The van der Waals surface area contributed by atoms with E-state index in [0.29, 0.717) is 0 Å². The average molecular weight is 257 g/mol. The SMILES string of the molecule is CC(C)(C)[C@@H](C=O)Nc1ccc(-n2cccn2)cc1. The van der Waals surface area contributed by atoms with Crippen molar-refractivity contribution in [3.8, 4) is 5.69 Å². The molecular formula is C15H19N3O. The summed E-state index contributed by atoms with van der Waals surface area (Å²) in [6, 6.07) is 9.54. The Labute approximate surface area is 113 Å². The Morgan fingerprint density at radius 1 is 1.26 bits per heavy atom. The fourth-order valence-electron chi connectivity index (χ4n) is 1.77. The van der Waals surface area contributed by atoms with E-state index >= 15 is 0 Å². The van der Waals surface area contributed by atoms with Crippen LogP contribution in [0.15, 0.2) is 42.7 Å². The van der Waals surface area contributed by atoms with Crippen molar-refractivity contribution in [3.05, 3.63) is 42.7 Å². The maximum Gasteiger partial charge on any atom is 0.142 e. The minimum absolute atomic E-state index is 0.109. The summed E-state index contributed by atoms with van der Waals surface area (Å²) in [5.41, 5.74) is 1.82. The molecule has 0 saturated carbocycles.